The lowest BCUT2D eigenvalue weighted by atomic mass is 9.83. The van der Waals surface area contributed by atoms with Gasteiger partial charge in [0.2, 0.25) is 0 Å². The zero-order chi connectivity index (χ0) is 28.0. The molecule has 2 N–H and O–H groups in total. The third-order valence-electron chi connectivity index (χ3n) is 7.93. The number of fused-ring (bicyclic) bond motifs is 1. The molecule has 40 heavy (non-hydrogen) atoms. The van der Waals surface area contributed by atoms with Gasteiger partial charge in [0.05, 0.1) is 27.4 Å². The van der Waals surface area contributed by atoms with Gasteiger partial charge in [0.25, 0.3) is 0 Å². The second-order valence-corrected chi connectivity index (χ2v) is 11.3. The Balaban J connectivity index is 1.60. The molecule has 0 spiro atoms. The number of alkyl halides is 1. The third-order valence-corrected chi connectivity index (χ3v) is 8.13. The molecular formula is C29H29ClF2N6O2. The fraction of sp³-hybridized carbons (Fsp3) is 0.379. The first-order valence-electron chi connectivity index (χ1n) is 13.4. The fourth-order valence-electron chi connectivity index (χ4n) is 5.76. The Morgan fingerprint density at radius 3 is 2.62 bits per heavy atom. The molecule has 2 unspecified atom stereocenters. The lowest BCUT2D eigenvalue weighted by molar-refractivity contribution is 0.121. The van der Waals surface area contributed by atoms with E-state index in [9.17, 15) is 9.18 Å². The van der Waals surface area contributed by atoms with Crippen molar-refractivity contribution in [2.75, 3.05) is 0 Å². The van der Waals surface area contributed by atoms with E-state index in [2.05, 4.69) is 22.7 Å². The van der Waals surface area contributed by atoms with Gasteiger partial charge in [-0.05, 0) is 49.8 Å². The lowest BCUT2D eigenvalue weighted by Gasteiger charge is -2.29. The lowest BCUT2D eigenvalue weighted by Crippen LogP contribution is -2.27. The van der Waals surface area contributed by atoms with Gasteiger partial charge >= 0.3 is 6.09 Å². The molecule has 2 aliphatic rings. The van der Waals surface area contributed by atoms with Crippen molar-refractivity contribution in [3.63, 3.8) is 0 Å². The average Bonchev–Trinajstić information content (AvgIpc) is 3.53. The Bertz CT molecular complexity index is 1580. The van der Waals surface area contributed by atoms with Crippen molar-refractivity contribution in [3.05, 3.63) is 76.7 Å². The van der Waals surface area contributed by atoms with E-state index in [0.29, 0.717) is 45.5 Å². The minimum atomic E-state index is -2.25. The van der Waals surface area contributed by atoms with Crippen LogP contribution in [-0.4, -0.2) is 25.6 Å². The quantitative estimate of drug-likeness (QED) is 0.273. The van der Waals surface area contributed by atoms with Crippen LogP contribution in [-0.2, 0) is 17.1 Å². The Morgan fingerprint density at radius 2 is 1.93 bits per heavy atom. The molecule has 4 aromatic rings. The van der Waals surface area contributed by atoms with Crippen molar-refractivity contribution in [2.24, 2.45) is 11.8 Å². The van der Waals surface area contributed by atoms with Gasteiger partial charge < -0.3 is 9.40 Å². The molecule has 6 rings (SSSR count). The van der Waals surface area contributed by atoms with Crippen LogP contribution < -0.4 is 10.8 Å². The number of halogens is 3. The van der Waals surface area contributed by atoms with E-state index in [0.717, 1.165) is 25.7 Å². The van der Waals surface area contributed by atoms with Crippen molar-refractivity contribution in [2.45, 2.75) is 57.9 Å². The summed E-state index contributed by atoms with van der Waals surface area (Å²) in [4.78, 5) is 30.5. The summed E-state index contributed by atoms with van der Waals surface area (Å²) in [5.74, 6) is 0.374. The van der Waals surface area contributed by atoms with Crippen LogP contribution in [0.2, 0.25) is 5.02 Å². The molecule has 0 radical (unpaired) electrons. The number of benzene rings is 1. The van der Waals surface area contributed by atoms with Gasteiger partial charge in [-0.15, -0.1) is 5.48 Å². The molecule has 208 valence electrons. The zero-order valence-electron chi connectivity index (χ0n) is 22.1. The first kappa shape index (κ1) is 26.6. The predicted octanol–water partition coefficient (Wildman–Crippen LogP) is 6.59. The summed E-state index contributed by atoms with van der Waals surface area (Å²) < 4.78 is 33.7. The summed E-state index contributed by atoms with van der Waals surface area (Å²) in [7, 11) is 0. The maximum atomic E-state index is 16.9. The standard InChI is InChI=1S/C29H29ClF2N6O2/c1-16-7-9-17(10-8-16)15-38-25-22(35-27(38)29(2,32)20-5-3-4-6-21(20)31)12-23(26-36-28(39)40-37-26)34-24(25)18-11-19(30)14-33-13-18/h3-6,11-14,16-17,26,37H,7-10,15H2,1-2H3,(H,36,39). The molecule has 1 amide bonds. The Morgan fingerprint density at radius 1 is 1.15 bits per heavy atom. The average molecular weight is 567 g/mol. The molecule has 1 aliphatic heterocycles. The van der Waals surface area contributed by atoms with Crippen molar-refractivity contribution in [1.29, 1.82) is 0 Å². The topological polar surface area (TPSA) is 94.0 Å². The number of hydroxylamine groups is 1. The van der Waals surface area contributed by atoms with E-state index in [-0.39, 0.29) is 17.3 Å². The molecule has 2 atom stereocenters. The number of nitrogens with one attached hydrogen (secondary N) is 2. The van der Waals surface area contributed by atoms with E-state index in [1.165, 1.54) is 31.3 Å². The molecule has 4 heterocycles. The molecule has 1 saturated carbocycles. The van der Waals surface area contributed by atoms with Gasteiger partial charge in [-0.3, -0.25) is 10.3 Å². The Kier molecular flexibility index (Phi) is 6.92. The largest absolute Gasteiger partial charge is 0.427 e. The number of nitrogens with zero attached hydrogens (tertiary/aromatic N) is 4. The maximum Gasteiger partial charge on any atom is 0.427 e. The van der Waals surface area contributed by atoms with Crippen LogP contribution in [0, 0.1) is 17.7 Å². The van der Waals surface area contributed by atoms with Crippen molar-refractivity contribution in [1.82, 2.24) is 30.3 Å². The molecule has 0 bridgehead atoms. The number of rotatable bonds is 6. The van der Waals surface area contributed by atoms with E-state index in [4.69, 9.17) is 26.4 Å². The predicted molar refractivity (Wildman–Crippen MR) is 146 cm³/mol. The third kappa shape index (κ3) is 4.90. The van der Waals surface area contributed by atoms with E-state index in [1.54, 1.807) is 24.4 Å². The van der Waals surface area contributed by atoms with Gasteiger partial charge in [0, 0.05) is 30.1 Å². The summed E-state index contributed by atoms with van der Waals surface area (Å²) in [5, 5.41) is 3.05. The monoisotopic (exact) mass is 566 g/mol. The van der Waals surface area contributed by atoms with Gasteiger partial charge in [-0.1, -0.05) is 49.6 Å². The number of pyridine rings is 2. The molecule has 1 aliphatic carbocycles. The van der Waals surface area contributed by atoms with Gasteiger partial charge in [-0.2, -0.15) is 0 Å². The fourth-order valence-corrected chi connectivity index (χ4v) is 5.93. The summed E-state index contributed by atoms with van der Waals surface area (Å²) >= 11 is 6.31. The highest BCUT2D eigenvalue weighted by Crippen LogP contribution is 2.41. The molecule has 8 nitrogen and oxygen atoms in total. The van der Waals surface area contributed by atoms with E-state index in [1.807, 2.05) is 4.57 Å². The van der Waals surface area contributed by atoms with E-state index < -0.39 is 23.7 Å². The number of amides is 1. The normalized spacial score (nSPS) is 22.6. The molecule has 1 saturated heterocycles. The first-order valence-corrected chi connectivity index (χ1v) is 13.8. The highest BCUT2D eigenvalue weighted by molar-refractivity contribution is 6.30. The van der Waals surface area contributed by atoms with Gasteiger partial charge in [0.1, 0.15) is 5.82 Å². The minimum absolute atomic E-state index is 0.0843. The highest BCUT2D eigenvalue weighted by Gasteiger charge is 2.39. The number of aromatic nitrogens is 4. The molecular weight excluding hydrogens is 538 g/mol. The minimum Gasteiger partial charge on any atom is -0.351 e. The van der Waals surface area contributed by atoms with Crippen LogP contribution in [0.15, 0.2) is 48.8 Å². The van der Waals surface area contributed by atoms with Crippen LogP contribution in [0.3, 0.4) is 0 Å². The van der Waals surface area contributed by atoms with Crippen LogP contribution in [0.5, 0.6) is 0 Å². The number of imidazole rings is 1. The number of hydrogen-bond acceptors (Lipinski definition) is 6. The summed E-state index contributed by atoms with van der Waals surface area (Å²) in [6, 6.07) is 9.25. The number of carbonyl (C=O) groups is 1. The van der Waals surface area contributed by atoms with E-state index >= 15 is 4.39 Å². The summed E-state index contributed by atoms with van der Waals surface area (Å²) in [5.41, 5.74) is 2.77. The summed E-state index contributed by atoms with van der Waals surface area (Å²) in [6.45, 7) is 4.09. The van der Waals surface area contributed by atoms with Gasteiger partial charge in [-0.25, -0.2) is 23.5 Å². The van der Waals surface area contributed by atoms with Crippen molar-refractivity contribution >= 4 is 28.7 Å². The van der Waals surface area contributed by atoms with Crippen molar-refractivity contribution in [3.8, 4) is 11.3 Å². The maximum absolute atomic E-state index is 16.9. The number of hydrogen-bond donors (Lipinski definition) is 2. The molecule has 2 fully saturated rings. The zero-order valence-corrected chi connectivity index (χ0v) is 22.9. The molecule has 3 aromatic heterocycles. The van der Waals surface area contributed by atoms with Crippen LogP contribution in [0.4, 0.5) is 13.6 Å². The highest BCUT2D eigenvalue weighted by atomic mass is 35.5. The van der Waals surface area contributed by atoms with Crippen molar-refractivity contribution < 1.29 is 18.4 Å². The molecule has 1 aromatic carbocycles. The van der Waals surface area contributed by atoms with Crippen LogP contribution in [0.25, 0.3) is 22.3 Å². The Labute approximate surface area is 235 Å². The number of carbonyl (C=O) groups excluding carboxylic acids is 1. The second-order valence-electron chi connectivity index (χ2n) is 10.9. The van der Waals surface area contributed by atoms with Gasteiger partial charge in [0.15, 0.2) is 17.7 Å². The van der Waals surface area contributed by atoms with Crippen LogP contribution in [0.1, 0.15) is 62.8 Å². The SMILES string of the molecule is CC1CCC(Cn2c(C(C)(F)c3ccccc3F)nc3cc(C4NOC(=O)N4)nc(-c4cncc(Cl)c4)c32)CC1. The summed E-state index contributed by atoms with van der Waals surface area (Å²) in [6.07, 6.45) is 5.92. The Hall–Kier alpha value is -3.63. The van der Waals surface area contributed by atoms with Crippen LogP contribution >= 0.6 is 11.6 Å². The first-order chi connectivity index (χ1) is 19.2. The molecule has 11 heteroatoms. The second kappa shape index (κ2) is 10.4. The smallest absolute Gasteiger partial charge is 0.351 e.